The average molecular weight is 289 g/mol. The van der Waals surface area contributed by atoms with Gasteiger partial charge in [-0.1, -0.05) is 18.2 Å². The number of aliphatic hydroxyl groups is 1. The molecule has 0 saturated heterocycles. The zero-order chi connectivity index (χ0) is 15.2. The average Bonchev–Trinajstić information content (AvgIpc) is 2.46. The smallest absolute Gasteiger partial charge is 0.326 e. The maximum absolute atomic E-state index is 11.7. The van der Waals surface area contributed by atoms with E-state index in [4.69, 9.17) is 10.2 Å². The molecule has 1 atom stereocenters. The minimum absolute atomic E-state index is 0.0568. The molecule has 2 rings (SSSR count). The van der Waals surface area contributed by atoms with Gasteiger partial charge < -0.3 is 20.8 Å². The second-order valence-corrected chi connectivity index (χ2v) is 4.42. The van der Waals surface area contributed by atoms with Gasteiger partial charge in [0, 0.05) is 18.4 Å². The van der Waals surface area contributed by atoms with Gasteiger partial charge >= 0.3 is 12.0 Å². The van der Waals surface area contributed by atoms with Crippen molar-refractivity contribution in [2.24, 2.45) is 0 Å². The van der Waals surface area contributed by atoms with Crippen LogP contribution in [0.3, 0.4) is 0 Å². The molecule has 0 spiro atoms. The molecule has 110 valence electrons. The summed E-state index contributed by atoms with van der Waals surface area (Å²) >= 11 is 0. The molecular weight excluding hydrogens is 274 g/mol. The van der Waals surface area contributed by atoms with Gasteiger partial charge in [-0.25, -0.2) is 9.59 Å². The van der Waals surface area contributed by atoms with Crippen molar-refractivity contribution in [1.82, 2.24) is 10.3 Å². The molecule has 2 amide bonds. The minimum atomic E-state index is -1.20. The number of aliphatic hydroxyl groups excluding tert-OH is 1. The molecule has 7 heteroatoms. The summed E-state index contributed by atoms with van der Waals surface area (Å²) in [6, 6.07) is 7.37. The number of aliphatic carboxylic acids is 1. The number of pyridine rings is 1. The summed E-state index contributed by atoms with van der Waals surface area (Å²) in [6.45, 7) is -0.325. The molecule has 21 heavy (non-hydrogen) atoms. The van der Waals surface area contributed by atoms with Crippen LogP contribution in [0.25, 0.3) is 10.9 Å². The van der Waals surface area contributed by atoms with Crippen molar-refractivity contribution in [3.05, 3.63) is 36.5 Å². The SMILES string of the molecule is O=C(Nc1cnc2ccccc2c1)N[C@H](CCO)C(=O)O. The van der Waals surface area contributed by atoms with Crippen LogP contribution in [0.4, 0.5) is 10.5 Å². The number of nitrogens with one attached hydrogen (secondary N) is 2. The first-order valence-corrected chi connectivity index (χ1v) is 6.36. The monoisotopic (exact) mass is 289 g/mol. The van der Waals surface area contributed by atoms with Crippen LogP contribution in [0.15, 0.2) is 36.5 Å². The third-order valence-corrected chi connectivity index (χ3v) is 2.87. The Bertz CT molecular complexity index is 659. The molecule has 1 aromatic carbocycles. The first-order valence-electron chi connectivity index (χ1n) is 6.36. The van der Waals surface area contributed by atoms with Crippen LogP contribution in [-0.4, -0.2) is 39.8 Å². The molecule has 0 unspecified atom stereocenters. The summed E-state index contributed by atoms with van der Waals surface area (Å²) in [6.07, 6.45) is 1.43. The summed E-state index contributed by atoms with van der Waals surface area (Å²) in [7, 11) is 0. The van der Waals surface area contributed by atoms with Crippen LogP contribution in [-0.2, 0) is 4.79 Å². The van der Waals surface area contributed by atoms with E-state index in [1.54, 1.807) is 6.07 Å². The van der Waals surface area contributed by atoms with Crippen LogP contribution >= 0.6 is 0 Å². The number of hydrogen-bond donors (Lipinski definition) is 4. The van der Waals surface area contributed by atoms with Crippen LogP contribution in [0.2, 0.25) is 0 Å². The maximum atomic E-state index is 11.7. The zero-order valence-corrected chi connectivity index (χ0v) is 11.1. The first-order chi connectivity index (χ1) is 10.1. The van der Waals surface area contributed by atoms with E-state index in [-0.39, 0.29) is 13.0 Å². The Balaban J connectivity index is 2.05. The standard InChI is InChI=1S/C14H15N3O4/c18-6-5-12(13(19)20)17-14(21)16-10-7-9-3-1-2-4-11(9)15-8-10/h1-4,7-8,12,18H,5-6H2,(H,19,20)(H2,16,17,21)/t12-/m1/s1. The predicted octanol–water partition coefficient (Wildman–Crippen LogP) is 1.19. The highest BCUT2D eigenvalue weighted by molar-refractivity contribution is 5.94. The van der Waals surface area contributed by atoms with Crippen LogP contribution < -0.4 is 10.6 Å². The van der Waals surface area contributed by atoms with E-state index in [2.05, 4.69) is 15.6 Å². The van der Waals surface area contributed by atoms with Gasteiger partial charge in [-0.2, -0.15) is 0 Å². The molecule has 7 nitrogen and oxygen atoms in total. The number of hydrogen-bond acceptors (Lipinski definition) is 4. The molecule has 0 aliphatic heterocycles. The van der Waals surface area contributed by atoms with Gasteiger partial charge in [-0.05, 0) is 12.1 Å². The van der Waals surface area contributed by atoms with E-state index in [0.717, 1.165) is 10.9 Å². The fraction of sp³-hybridized carbons (Fsp3) is 0.214. The summed E-state index contributed by atoms with van der Waals surface area (Å²) in [5.74, 6) is -1.20. The van der Waals surface area contributed by atoms with Crippen molar-refractivity contribution >= 4 is 28.6 Å². The normalized spacial score (nSPS) is 11.9. The quantitative estimate of drug-likeness (QED) is 0.660. The van der Waals surface area contributed by atoms with E-state index < -0.39 is 18.0 Å². The molecule has 0 bridgehead atoms. The number of benzene rings is 1. The van der Waals surface area contributed by atoms with Gasteiger partial charge in [0.15, 0.2) is 0 Å². The summed E-state index contributed by atoms with van der Waals surface area (Å²) in [5, 5.41) is 23.3. The largest absolute Gasteiger partial charge is 0.480 e. The Morgan fingerprint density at radius 2 is 2.05 bits per heavy atom. The number of para-hydroxylation sites is 1. The number of urea groups is 1. The number of anilines is 1. The van der Waals surface area contributed by atoms with Crippen molar-refractivity contribution < 1.29 is 19.8 Å². The molecule has 0 radical (unpaired) electrons. The number of carbonyl (C=O) groups excluding carboxylic acids is 1. The van der Waals surface area contributed by atoms with Gasteiger partial charge in [0.2, 0.25) is 0 Å². The number of carbonyl (C=O) groups is 2. The van der Waals surface area contributed by atoms with Crippen LogP contribution in [0, 0.1) is 0 Å². The molecule has 0 aliphatic carbocycles. The van der Waals surface area contributed by atoms with Crippen molar-refractivity contribution in [3.63, 3.8) is 0 Å². The predicted molar refractivity (Wildman–Crippen MR) is 77.0 cm³/mol. The summed E-state index contributed by atoms with van der Waals surface area (Å²) in [5.41, 5.74) is 1.26. The third kappa shape index (κ3) is 3.90. The minimum Gasteiger partial charge on any atom is -0.480 e. The van der Waals surface area contributed by atoms with Crippen LogP contribution in [0.1, 0.15) is 6.42 Å². The zero-order valence-electron chi connectivity index (χ0n) is 11.1. The van der Waals surface area contributed by atoms with Crippen molar-refractivity contribution in [2.75, 3.05) is 11.9 Å². The lowest BCUT2D eigenvalue weighted by atomic mass is 10.2. The van der Waals surface area contributed by atoms with Crippen molar-refractivity contribution in [2.45, 2.75) is 12.5 Å². The number of fused-ring (bicyclic) bond motifs is 1. The number of carboxylic acid groups (broad SMARTS) is 1. The molecule has 4 N–H and O–H groups in total. The van der Waals surface area contributed by atoms with E-state index in [1.165, 1.54) is 6.20 Å². The highest BCUT2D eigenvalue weighted by Crippen LogP contribution is 2.15. The van der Waals surface area contributed by atoms with E-state index >= 15 is 0 Å². The number of amides is 2. The van der Waals surface area contributed by atoms with Crippen molar-refractivity contribution in [3.8, 4) is 0 Å². The number of carboxylic acids is 1. The molecule has 1 heterocycles. The molecule has 0 aliphatic rings. The highest BCUT2D eigenvalue weighted by Gasteiger charge is 2.19. The van der Waals surface area contributed by atoms with Crippen LogP contribution in [0.5, 0.6) is 0 Å². The molecule has 2 aromatic rings. The van der Waals surface area contributed by atoms with Gasteiger partial charge in [0.25, 0.3) is 0 Å². The highest BCUT2D eigenvalue weighted by atomic mass is 16.4. The Morgan fingerprint density at radius 1 is 1.29 bits per heavy atom. The fourth-order valence-electron chi connectivity index (χ4n) is 1.85. The number of rotatable bonds is 5. The first kappa shape index (κ1) is 14.7. The van der Waals surface area contributed by atoms with E-state index in [1.807, 2.05) is 24.3 Å². The Hall–Kier alpha value is -2.67. The van der Waals surface area contributed by atoms with Gasteiger partial charge in [0.05, 0.1) is 17.4 Å². The lowest BCUT2D eigenvalue weighted by molar-refractivity contribution is -0.139. The molecular formula is C14H15N3O4. The van der Waals surface area contributed by atoms with Crippen molar-refractivity contribution in [1.29, 1.82) is 0 Å². The van der Waals surface area contributed by atoms with E-state index in [9.17, 15) is 9.59 Å². The summed E-state index contributed by atoms with van der Waals surface area (Å²) in [4.78, 5) is 26.8. The third-order valence-electron chi connectivity index (χ3n) is 2.87. The summed E-state index contributed by atoms with van der Waals surface area (Å²) < 4.78 is 0. The topological polar surface area (TPSA) is 112 Å². The molecule has 0 saturated carbocycles. The Morgan fingerprint density at radius 3 is 2.76 bits per heavy atom. The van der Waals surface area contributed by atoms with Gasteiger partial charge in [-0.3, -0.25) is 4.98 Å². The maximum Gasteiger partial charge on any atom is 0.326 e. The Labute approximate surface area is 120 Å². The Kier molecular flexibility index (Phi) is 4.68. The molecule has 1 aromatic heterocycles. The lowest BCUT2D eigenvalue weighted by Gasteiger charge is -2.14. The number of nitrogens with zero attached hydrogens (tertiary/aromatic N) is 1. The fourth-order valence-corrected chi connectivity index (χ4v) is 1.85. The van der Waals surface area contributed by atoms with Gasteiger partial charge in [-0.15, -0.1) is 0 Å². The van der Waals surface area contributed by atoms with E-state index in [0.29, 0.717) is 5.69 Å². The van der Waals surface area contributed by atoms with Gasteiger partial charge in [0.1, 0.15) is 6.04 Å². The second-order valence-electron chi connectivity index (χ2n) is 4.42. The number of aromatic nitrogens is 1. The lowest BCUT2D eigenvalue weighted by Crippen LogP contribution is -2.43. The molecule has 0 fully saturated rings. The second kappa shape index (κ2) is 6.67.